The van der Waals surface area contributed by atoms with E-state index < -0.39 is 23.0 Å². The molecule has 0 aromatic heterocycles. The van der Waals surface area contributed by atoms with Crippen LogP contribution in [0.25, 0.3) is 6.08 Å². The van der Waals surface area contributed by atoms with Crippen LogP contribution in [0.1, 0.15) is 14.8 Å². The Hall–Kier alpha value is 0.640. The topological polar surface area (TPSA) is 0 Å². The Morgan fingerprint density at radius 1 is 1.20 bits per heavy atom. The van der Waals surface area contributed by atoms with Crippen molar-refractivity contribution in [2.75, 3.05) is 0 Å². The maximum atomic E-state index is 6.69. The number of rotatable bonds is 2. The van der Waals surface area contributed by atoms with Gasteiger partial charge in [-0.1, -0.05) is 0 Å². The molecule has 0 aliphatic heterocycles. The van der Waals surface area contributed by atoms with E-state index in [0.717, 1.165) is 0 Å². The van der Waals surface area contributed by atoms with Crippen molar-refractivity contribution >= 4 is 29.0 Å². The van der Waals surface area contributed by atoms with Crippen molar-refractivity contribution in [3.8, 4) is 0 Å². The average molecular weight is 336 g/mol. The van der Waals surface area contributed by atoms with E-state index in [1.54, 1.807) is 0 Å². The quantitative estimate of drug-likeness (QED) is 0.710. The molecule has 0 nitrogen and oxygen atoms in total. The standard InChI is InChI=1S/C9H7.C2H7Si.2ClH.Zr/c1-2-5-9-7-3-6-8(9)4-1;1-3-2;;;/h1-7H;3H,1-2H3;2*1H;/q;;;;+2/p-2. The van der Waals surface area contributed by atoms with Gasteiger partial charge in [0.05, 0.1) is 0 Å². The van der Waals surface area contributed by atoms with Gasteiger partial charge in [-0.15, -0.1) is 0 Å². The number of halogens is 2. The Kier molecular flexibility index (Phi) is 3.62. The van der Waals surface area contributed by atoms with Crippen molar-refractivity contribution in [2.24, 2.45) is 0 Å². The molecular formula is C11H14Cl2SiZr. The normalized spacial score (nSPS) is 19.7. The zero-order chi connectivity index (χ0) is 11.1. The minimum atomic E-state index is -2.88. The fourth-order valence-electron chi connectivity index (χ4n) is 1.94. The van der Waals surface area contributed by atoms with Gasteiger partial charge in [-0.2, -0.15) is 0 Å². The molecule has 1 atom stereocenters. The van der Waals surface area contributed by atoms with Gasteiger partial charge in [0, 0.05) is 0 Å². The Bertz CT molecular complexity index is 401. The van der Waals surface area contributed by atoms with E-state index in [1.807, 2.05) is 0 Å². The molecule has 1 unspecified atom stereocenters. The van der Waals surface area contributed by atoms with Crippen LogP contribution >= 0.6 is 17.0 Å². The van der Waals surface area contributed by atoms with E-state index in [2.05, 4.69) is 49.5 Å². The van der Waals surface area contributed by atoms with E-state index in [4.69, 9.17) is 17.0 Å². The van der Waals surface area contributed by atoms with Crippen LogP contribution in [0.3, 0.4) is 0 Å². The van der Waals surface area contributed by atoms with Gasteiger partial charge >= 0.3 is 104 Å². The second-order valence-corrected chi connectivity index (χ2v) is 38.2. The van der Waals surface area contributed by atoms with E-state index in [9.17, 15) is 0 Å². The number of allylic oxidation sites excluding steroid dienone is 1. The first-order valence-electron chi connectivity index (χ1n) is 5.18. The van der Waals surface area contributed by atoms with Crippen molar-refractivity contribution < 1.29 is 17.0 Å². The number of benzene rings is 1. The fraction of sp³-hybridized carbons (Fsp3) is 0.273. The molecule has 2 rings (SSSR count). The van der Waals surface area contributed by atoms with Crippen LogP contribution in [-0.4, -0.2) is 5.92 Å². The summed E-state index contributed by atoms with van der Waals surface area (Å²) < 4.78 is 0.380. The summed E-state index contributed by atoms with van der Waals surface area (Å²) in [6.45, 7) is 4.57. The van der Waals surface area contributed by atoms with Crippen LogP contribution in [0.4, 0.5) is 0 Å². The molecule has 0 N–H and O–H groups in total. The molecule has 0 fully saturated rings. The van der Waals surface area contributed by atoms with Gasteiger partial charge in [0.15, 0.2) is 0 Å². The van der Waals surface area contributed by atoms with Crippen LogP contribution in [0, 0.1) is 0 Å². The van der Waals surface area contributed by atoms with Crippen LogP contribution in [0.15, 0.2) is 30.3 Å². The molecule has 4 heteroatoms. The maximum absolute atomic E-state index is 6.69. The van der Waals surface area contributed by atoms with Gasteiger partial charge < -0.3 is 0 Å². The Morgan fingerprint density at radius 2 is 1.87 bits per heavy atom. The summed E-state index contributed by atoms with van der Waals surface area (Å²) in [6.07, 6.45) is 4.40. The van der Waals surface area contributed by atoms with Gasteiger partial charge in [0.1, 0.15) is 0 Å². The second kappa shape index (κ2) is 4.49. The van der Waals surface area contributed by atoms with Crippen LogP contribution in [0.5, 0.6) is 0 Å². The summed E-state index contributed by atoms with van der Waals surface area (Å²) in [7, 11) is 13.4. The van der Waals surface area contributed by atoms with Gasteiger partial charge in [-0.25, -0.2) is 0 Å². The van der Waals surface area contributed by atoms with Gasteiger partial charge in [0.25, 0.3) is 0 Å². The molecule has 80 valence electrons. The van der Waals surface area contributed by atoms with Gasteiger partial charge in [0.2, 0.25) is 0 Å². The summed E-state index contributed by atoms with van der Waals surface area (Å²) in [5.74, 6) is -0.902. The summed E-state index contributed by atoms with van der Waals surface area (Å²) in [5, 5.41) is 0. The Balaban J connectivity index is 2.40. The van der Waals surface area contributed by atoms with Crippen molar-refractivity contribution in [1.29, 1.82) is 0 Å². The first-order chi connectivity index (χ1) is 7.03. The summed E-state index contributed by atoms with van der Waals surface area (Å²) in [6, 6.07) is 8.46. The second-order valence-electron chi connectivity index (χ2n) is 4.29. The number of fused-ring (bicyclic) bond motifs is 1. The van der Waals surface area contributed by atoms with E-state index >= 15 is 0 Å². The number of hydrogen-bond acceptors (Lipinski definition) is 0. The van der Waals surface area contributed by atoms with Crippen LogP contribution in [0.2, 0.25) is 13.1 Å². The molecule has 0 saturated heterocycles. The molecular weight excluding hydrogens is 322 g/mol. The summed E-state index contributed by atoms with van der Waals surface area (Å²) >= 11 is -2.88. The number of hydrogen-bond donors (Lipinski definition) is 0. The predicted octanol–water partition coefficient (Wildman–Crippen LogP) is 4.20. The molecule has 15 heavy (non-hydrogen) atoms. The monoisotopic (exact) mass is 334 g/mol. The predicted molar refractivity (Wildman–Crippen MR) is 68.8 cm³/mol. The van der Waals surface area contributed by atoms with Crippen molar-refractivity contribution in [2.45, 2.75) is 16.7 Å². The summed E-state index contributed by atoms with van der Waals surface area (Å²) in [5.41, 5.74) is 2.67. The molecule has 1 aliphatic carbocycles. The average Bonchev–Trinajstić information content (AvgIpc) is 2.61. The van der Waals surface area contributed by atoms with E-state index in [-0.39, 0.29) is 0 Å². The van der Waals surface area contributed by atoms with Crippen molar-refractivity contribution in [3.63, 3.8) is 0 Å². The molecule has 1 aromatic rings. The SMILES string of the molecule is C[SiH](C)[Zr]([Cl])([Cl])[CH]1C=Cc2ccccc21. The van der Waals surface area contributed by atoms with Crippen LogP contribution in [-0.2, 0) is 17.0 Å². The fourth-order valence-corrected chi connectivity index (χ4v) is 14.5. The van der Waals surface area contributed by atoms with Crippen LogP contribution < -0.4 is 0 Å². The zero-order valence-corrected chi connectivity index (χ0v) is 14.0. The molecule has 0 spiro atoms. The molecule has 0 saturated carbocycles. The van der Waals surface area contributed by atoms with Gasteiger partial charge in [-0.05, 0) is 0 Å². The molecule has 0 amide bonds. The first kappa shape index (κ1) is 12.1. The molecule has 0 radical (unpaired) electrons. The van der Waals surface area contributed by atoms with Crippen molar-refractivity contribution in [1.82, 2.24) is 0 Å². The minimum absolute atomic E-state index is 0.380. The zero-order valence-electron chi connectivity index (χ0n) is 8.87. The Labute approximate surface area is 103 Å². The molecule has 0 heterocycles. The van der Waals surface area contributed by atoms with Crippen molar-refractivity contribution in [3.05, 3.63) is 41.5 Å². The van der Waals surface area contributed by atoms with Gasteiger partial charge in [-0.3, -0.25) is 0 Å². The third kappa shape index (κ3) is 2.20. The molecule has 0 bridgehead atoms. The first-order valence-corrected chi connectivity index (χ1v) is 20.1. The van der Waals surface area contributed by atoms with E-state index in [1.165, 1.54) is 11.1 Å². The van der Waals surface area contributed by atoms with E-state index in [0.29, 0.717) is 3.63 Å². The molecule has 1 aromatic carbocycles. The third-order valence-corrected chi connectivity index (χ3v) is 39.6. The Morgan fingerprint density at radius 3 is 2.53 bits per heavy atom. The third-order valence-electron chi connectivity index (χ3n) is 2.98. The molecule has 1 aliphatic rings. The summed E-state index contributed by atoms with van der Waals surface area (Å²) in [4.78, 5) is 0.